The molecule has 0 aliphatic carbocycles. The largest absolute Gasteiger partial charge is 0.496 e. The Morgan fingerprint density at radius 1 is 1.00 bits per heavy atom. The van der Waals surface area contributed by atoms with E-state index in [0.717, 1.165) is 12.0 Å². The maximum absolute atomic E-state index is 8.81. The number of hydrogen-bond donors (Lipinski definition) is 0. The van der Waals surface area contributed by atoms with Crippen LogP contribution in [0.25, 0.3) is 11.1 Å². The van der Waals surface area contributed by atoms with Gasteiger partial charge in [-0.2, -0.15) is 0 Å². The molecule has 2 heteroatoms. The minimum Gasteiger partial charge on any atom is -0.496 e. The van der Waals surface area contributed by atoms with Crippen LogP contribution in [0.1, 0.15) is 18.1 Å². The first kappa shape index (κ1) is 15.0. The van der Waals surface area contributed by atoms with Crippen LogP contribution >= 0.6 is 0 Å². The maximum Gasteiger partial charge on any atom is 0.126 e. The highest BCUT2D eigenvalue weighted by Gasteiger charge is 2.07. The molecule has 0 amide bonds. The first-order valence-electron chi connectivity index (χ1n) is 6.24. The van der Waals surface area contributed by atoms with Crippen molar-refractivity contribution in [3.63, 3.8) is 0 Å². The molecule has 2 aromatic rings. The zero-order valence-corrected chi connectivity index (χ0v) is 11.9. The fraction of sp³-hybridized carbons (Fsp3) is 0.235. The van der Waals surface area contributed by atoms with Crippen molar-refractivity contribution < 1.29 is 9.53 Å². The molecule has 2 aromatic carbocycles. The highest BCUT2D eigenvalue weighted by molar-refractivity contribution is 5.73. The molecular formula is C17H20O2. The quantitative estimate of drug-likeness (QED) is 0.753. The van der Waals surface area contributed by atoms with Crippen LogP contribution in [0.5, 0.6) is 5.75 Å². The van der Waals surface area contributed by atoms with Gasteiger partial charge in [-0.25, -0.2) is 0 Å². The third-order valence-corrected chi connectivity index (χ3v) is 2.79. The fourth-order valence-electron chi connectivity index (χ4n) is 1.91. The van der Waals surface area contributed by atoms with Crippen molar-refractivity contribution in [1.82, 2.24) is 0 Å². The van der Waals surface area contributed by atoms with Crippen molar-refractivity contribution in [1.29, 1.82) is 0 Å². The molecule has 19 heavy (non-hydrogen) atoms. The highest BCUT2D eigenvalue weighted by Crippen LogP contribution is 2.32. The summed E-state index contributed by atoms with van der Waals surface area (Å²) in [4.78, 5) is 8.81. The molecule has 0 radical (unpaired) electrons. The van der Waals surface area contributed by atoms with Gasteiger partial charge >= 0.3 is 0 Å². The van der Waals surface area contributed by atoms with Crippen molar-refractivity contribution in [3.8, 4) is 16.9 Å². The Morgan fingerprint density at radius 2 is 1.63 bits per heavy atom. The number of methoxy groups -OCH3 is 1. The summed E-state index contributed by atoms with van der Waals surface area (Å²) in [5.74, 6) is 0.930. The van der Waals surface area contributed by atoms with Crippen LogP contribution in [0.15, 0.2) is 42.5 Å². The predicted molar refractivity (Wildman–Crippen MR) is 79.6 cm³/mol. The summed E-state index contributed by atoms with van der Waals surface area (Å²) in [6.45, 7) is 5.66. The van der Waals surface area contributed by atoms with Crippen LogP contribution in [0.4, 0.5) is 0 Å². The molecule has 0 aliphatic heterocycles. The minimum absolute atomic E-state index is 0.750. The number of benzene rings is 2. The van der Waals surface area contributed by atoms with Crippen molar-refractivity contribution in [2.75, 3.05) is 7.11 Å². The van der Waals surface area contributed by atoms with Crippen molar-refractivity contribution >= 4 is 6.29 Å². The third-order valence-electron chi connectivity index (χ3n) is 2.79. The van der Waals surface area contributed by atoms with Crippen LogP contribution in [-0.4, -0.2) is 13.4 Å². The molecule has 2 nitrogen and oxygen atoms in total. The molecule has 0 atom stereocenters. The summed E-state index contributed by atoms with van der Waals surface area (Å²) < 4.78 is 5.41. The number of hydrogen-bond acceptors (Lipinski definition) is 2. The average molecular weight is 256 g/mol. The zero-order valence-electron chi connectivity index (χ0n) is 11.9. The van der Waals surface area contributed by atoms with Crippen molar-refractivity contribution in [3.05, 3.63) is 53.6 Å². The molecule has 0 spiro atoms. The summed E-state index contributed by atoms with van der Waals surface area (Å²) in [7, 11) is 1.71. The maximum atomic E-state index is 8.81. The Bertz CT molecular complexity index is 545. The van der Waals surface area contributed by atoms with E-state index in [9.17, 15) is 0 Å². The normalized spacial score (nSPS) is 9.26. The number of carbonyl (C=O) groups excluding carboxylic acids is 1. The minimum atomic E-state index is 0.750. The van der Waals surface area contributed by atoms with E-state index >= 15 is 0 Å². The second-order valence-corrected chi connectivity index (χ2v) is 4.25. The number of ether oxygens (including phenoxy) is 1. The molecule has 0 saturated heterocycles. The van der Waals surface area contributed by atoms with E-state index in [0.29, 0.717) is 0 Å². The molecule has 0 heterocycles. The highest BCUT2D eigenvalue weighted by atomic mass is 16.5. The predicted octanol–water partition coefficient (Wildman–Crippen LogP) is 4.18. The first-order chi connectivity index (χ1) is 9.13. The molecule has 0 aliphatic rings. The molecule has 0 fully saturated rings. The number of carbonyl (C=O) groups is 1. The first-order valence-corrected chi connectivity index (χ1v) is 6.24. The lowest BCUT2D eigenvalue weighted by molar-refractivity contribution is -0.106. The van der Waals surface area contributed by atoms with Gasteiger partial charge in [0.05, 0.1) is 7.11 Å². The Kier molecular flexibility index (Phi) is 5.80. The fourth-order valence-corrected chi connectivity index (χ4v) is 1.91. The van der Waals surface area contributed by atoms with Gasteiger partial charge in [-0.3, -0.25) is 0 Å². The molecule has 0 bridgehead atoms. The van der Waals surface area contributed by atoms with E-state index < -0.39 is 0 Å². The second kappa shape index (κ2) is 7.37. The Morgan fingerprint density at radius 3 is 2.21 bits per heavy atom. The van der Waals surface area contributed by atoms with Crippen LogP contribution in [0.2, 0.25) is 0 Å². The second-order valence-electron chi connectivity index (χ2n) is 4.25. The van der Waals surface area contributed by atoms with Gasteiger partial charge in [-0.05, 0) is 44.0 Å². The zero-order chi connectivity index (χ0) is 14.3. The van der Waals surface area contributed by atoms with Gasteiger partial charge in [0.1, 0.15) is 12.0 Å². The number of aryl methyl sites for hydroxylation is 2. The number of rotatable bonds is 2. The molecule has 0 saturated carbocycles. The SMILES string of the molecule is CC=O.COc1ccc(C)cc1-c1ccccc1C. The lowest BCUT2D eigenvalue weighted by Crippen LogP contribution is -1.90. The lowest BCUT2D eigenvalue weighted by Gasteiger charge is -2.11. The molecular weight excluding hydrogens is 236 g/mol. The monoisotopic (exact) mass is 256 g/mol. The van der Waals surface area contributed by atoms with Crippen LogP contribution in [-0.2, 0) is 4.79 Å². The summed E-state index contributed by atoms with van der Waals surface area (Å²) in [6.07, 6.45) is 0.750. The van der Waals surface area contributed by atoms with E-state index in [-0.39, 0.29) is 0 Å². The van der Waals surface area contributed by atoms with E-state index in [1.807, 2.05) is 6.07 Å². The lowest BCUT2D eigenvalue weighted by atomic mass is 9.98. The van der Waals surface area contributed by atoms with E-state index in [2.05, 4.69) is 50.2 Å². The Balaban J connectivity index is 0.000000550. The summed E-state index contributed by atoms with van der Waals surface area (Å²) in [5, 5.41) is 0. The number of aldehydes is 1. The van der Waals surface area contributed by atoms with E-state index in [1.165, 1.54) is 29.2 Å². The summed E-state index contributed by atoms with van der Waals surface area (Å²) in [5.41, 5.74) is 4.93. The van der Waals surface area contributed by atoms with E-state index in [4.69, 9.17) is 9.53 Å². The molecule has 100 valence electrons. The molecule has 2 rings (SSSR count). The van der Waals surface area contributed by atoms with Crippen molar-refractivity contribution in [2.45, 2.75) is 20.8 Å². The molecule has 0 aromatic heterocycles. The average Bonchev–Trinajstić information content (AvgIpc) is 2.40. The van der Waals surface area contributed by atoms with Crippen LogP contribution in [0, 0.1) is 13.8 Å². The van der Waals surface area contributed by atoms with Gasteiger partial charge in [-0.15, -0.1) is 0 Å². The standard InChI is InChI=1S/C15H16O.C2H4O/c1-11-8-9-15(16-3)14(10-11)13-7-5-4-6-12(13)2;1-2-3/h4-10H,1-3H3;2H,1H3. The Hall–Kier alpha value is -2.09. The molecule has 0 N–H and O–H groups in total. The smallest absolute Gasteiger partial charge is 0.126 e. The van der Waals surface area contributed by atoms with Gasteiger partial charge in [-0.1, -0.05) is 35.9 Å². The van der Waals surface area contributed by atoms with Gasteiger partial charge in [0, 0.05) is 5.56 Å². The summed E-state index contributed by atoms with van der Waals surface area (Å²) in [6, 6.07) is 14.6. The van der Waals surface area contributed by atoms with E-state index in [1.54, 1.807) is 7.11 Å². The molecule has 0 unspecified atom stereocenters. The van der Waals surface area contributed by atoms with Gasteiger partial charge < -0.3 is 9.53 Å². The van der Waals surface area contributed by atoms with Gasteiger partial charge in [0.25, 0.3) is 0 Å². The van der Waals surface area contributed by atoms with Gasteiger partial charge in [0.2, 0.25) is 0 Å². The van der Waals surface area contributed by atoms with Crippen LogP contribution in [0.3, 0.4) is 0 Å². The Labute approximate surface area is 115 Å². The van der Waals surface area contributed by atoms with Crippen molar-refractivity contribution in [2.24, 2.45) is 0 Å². The topological polar surface area (TPSA) is 26.3 Å². The third kappa shape index (κ3) is 3.95. The summed E-state index contributed by atoms with van der Waals surface area (Å²) >= 11 is 0. The van der Waals surface area contributed by atoms with Crippen LogP contribution < -0.4 is 4.74 Å². The van der Waals surface area contributed by atoms with Gasteiger partial charge in [0.15, 0.2) is 0 Å².